The van der Waals surface area contributed by atoms with Crippen molar-refractivity contribution in [2.24, 2.45) is 5.92 Å². The van der Waals surface area contributed by atoms with Gasteiger partial charge in [0.25, 0.3) is 0 Å². The van der Waals surface area contributed by atoms with E-state index >= 15 is 0 Å². The Morgan fingerprint density at radius 3 is 2.67 bits per heavy atom. The Hall–Kier alpha value is -1.24. The molecule has 0 radical (unpaired) electrons. The van der Waals surface area contributed by atoms with Crippen molar-refractivity contribution in [2.45, 2.75) is 19.4 Å². The van der Waals surface area contributed by atoms with Gasteiger partial charge < -0.3 is 5.32 Å². The average Bonchev–Trinajstić information content (AvgIpc) is 2.59. The van der Waals surface area contributed by atoms with E-state index in [0.717, 1.165) is 50.4 Å². The van der Waals surface area contributed by atoms with Crippen LogP contribution in [0.2, 0.25) is 5.15 Å². The van der Waals surface area contributed by atoms with E-state index in [-0.39, 0.29) is 5.82 Å². The van der Waals surface area contributed by atoms with Crippen LogP contribution in [0.25, 0.3) is 0 Å². The zero-order valence-electron chi connectivity index (χ0n) is 13.2. The van der Waals surface area contributed by atoms with Crippen molar-refractivity contribution in [3.8, 4) is 0 Å². The molecule has 4 nitrogen and oxygen atoms in total. The van der Waals surface area contributed by atoms with Crippen LogP contribution >= 0.6 is 27.5 Å². The third-order valence-electron chi connectivity index (χ3n) is 4.30. The van der Waals surface area contributed by atoms with Gasteiger partial charge in [0.2, 0.25) is 0 Å². The minimum atomic E-state index is -0.214. The Labute approximate surface area is 154 Å². The number of nitrogens with zero attached hydrogens (tertiary/aromatic N) is 3. The van der Waals surface area contributed by atoms with E-state index in [9.17, 15) is 4.39 Å². The van der Waals surface area contributed by atoms with E-state index in [0.29, 0.717) is 15.5 Å². The van der Waals surface area contributed by atoms with Crippen molar-refractivity contribution in [2.75, 3.05) is 25.0 Å². The number of nitrogens with one attached hydrogen (secondary N) is 1. The van der Waals surface area contributed by atoms with E-state index in [4.69, 9.17) is 11.6 Å². The monoisotopic (exact) mass is 412 g/mol. The minimum Gasteiger partial charge on any atom is -0.368 e. The van der Waals surface area contributed by atoms with Gasteiger partial charge in [-0.15, -0.1) is 10.2 Å². The lowest BCUT2D eigenvalue weighted by Gasteiger charge is -2.32. The molecule has 0 bridgehead atoms. The molecule has 0 saturated carbocycles. The van der Waals surface area contributed by atoms with Gasteiger partial charge >= 0.3 is 0 Å². The highest BCUT2D eigenvalue weighted by molar-refractivity contribution is 9.10. The van der Waals surface area contributed by atoms with Crippen molar-refractivity contribution in [1.82, 2.24) is 15.1 Å². The Morgan fingerprint density at radius 2 is 2.00 bits per heavy atom. The summed E-state index contributed by atoms with van der Waals surface area (Å²) in [5, 5.41) is 11.6. The summed E-state index contributed by atoms with van der Waals surface area (Å²) in [6.07, 6.45) is 2.27. The summed E-state index contributed by atoms with van der Waals surface area (Å²) in [6, 6.07) is 8.82. The highest BCUT2D eigenvalue weighted by Gasteiger charge is 2.19. The van der Waals surface area contributed by atoms with Crippen molar-refractivity contribution < 1.29 is 4.39 Å². The van der Waals surface area contributed by atoms with E-state index in [1.54, 1.807) is 6.07 Å². The predicted octanol–water partition coefficient (Wildman–Crippen LogP) is 4.36. The van der Waals surface area contributed by atoms with Crippen LogP contribution < -0.4 is 5.32 Å². The van der Waals surface area contributed by atoms with Gasteiger partial charge in [0.05, 0.1) is 4.47 Å². The quantitative estimate of drug-likeness (QED) is 0.791. The summed E-state index contributed by atoms with van der Waals surface area (Å²) in [5.41, 5.74) is 1.14. The number of halogens is 3. The standard InChI is InChI=1S/C17H19BrClFN4/c18-14-9-13(1-2-15(14)20)11-24-7-5-12(6-8-24)10-21-17-4-3-16(19)22-23-17/h1-4,9,12H,5-8,10-11H2,(H,21,23). The second-order valence-electron chi connectivity index (χ2n) is 6.09. The largest absolute Gasteiger partial charge is 0.368 e. The predicted molar refractivity (Wildman–Crippen MR) is 97.6 cm³/mol. The van der Waals surface area contributed by atoms with Crippen LogP contribution in [0.5, 0.6) is 0 Å². The zero-order chi connectivity index (χ0) is 16.9. The lowest BCUT2D eigenvalue weighted by molar-refractivity contribution is 0.182. The SMILES string of the molecule is Fc1ccc(CN2CCC(CNc3ccc(Cl)nn3)CC2)cc1Br. The molecule has 7 heteroatoms. The highest BCUT2D eigenvalue weighted by atomic mass is 79.9. The number of hydrogen-bond donors (Lipinski definition) is 1. The maximum Gasteiger partial charge on any atom is 0.151 e. The molecule has 1 fully saturated rings. The number of benzene rings is 1. The van der Waals surface area contributed by atoms with Crippen molar-refractivity contribution in [3.63, 3.8) is 0 Å². The molecule has 1 aliphatic heterocycles. The summed E-state index contributed by atoms with van der Waals surface area (Å²) in [4.78, 5) is 2.41. The molecule has 1 aromatic heterocycles. The Balaban J connectivity index is 1.43. The van der Waals surface area contributed by atoms with Crippen LogP contribution in [0.15, 0.2) is 34.8 Å². The van der Waals surface area contributed by atoms with E-state index in [1.165, 1.54) is 6.07 Å². The molecule has 3 rings (SSSR count). The van der Waals surface area contributed by atoms with Crippen molar-refractivity contribution in [3.05, 3.63) is 51.3 Å². The number of likely N-dealkylation sites (tertiary alicyclic amines) is 1. The first-order valence-corrected chi connectivity index (χ1v) is 9.16. The lowest BCUT2D eigenvalue weighted by atomic mass is 9.96. The van der Waals surface area contributed by atoms with Crippen molar-refractivity contribution >= 4 is 33.3 Å². The summed E-state index contributed by atoms with van der Waals surface area (Å²) < 4.78 is 13.8. The van der Waals surface area contributed by atoms with Gasteiger partial charge in [-0.1, -0.05) is 17.7 Å². The second-order valence-corrected chi connectivity index (χ2v) is 7.33. The summed E-state index contributed by atoms with van der Waals surface area (Å²) in [6.45, 7) is 3.86. The second kappa shape index (κ2) is 8.23. The van der Waals surface area contributed by atoms with Gasteiger partial charge in [-0.2, -0.15) is 0 Å². The molecule has 0 atom stereocenters. The fourth-order valence-electron chi connectivity index (χ4n) is 2.90. The third-order valence-corrected chi connectivity index (χ3v) is 5.11. The van der Waals surface area contributed by atoms with Crippen LogP contribution in [0, 0.1) is 11.7 Å². The van der Waals surface area contributed by atoms with Crippen LogP contribution in [0.4, 0.5) is 10.2 Å². The Bertz CT molecular complexity index is 675. The number of aromatic nitrogens is 2. The molecule has 24 heavy (non-hydrogen) atoms. The molecule has 128 valence electrons. The lowest BCUT2D eigenvalue weighted by Crippen LogP contribution is -2.35. The first kappa shape index (κ1) is 17.6. The molecule has 0 amide bonds. The number of rotatable bonds is 5. The van der Waals surface area contributed by atoms with E-state index in [1.807, 2.05) is 18.2 Å². The van der Waals surface area contributed by atoms with Gasteiger partial charge in [0.1, 0.15) is 11.6 Å². The summed E-state index contributed by atoms with van der Waals surface area (Å²) >= 11 is 8.98. The van der Waals surface area contributed by atoms with Gasteiger partial charge in [-0.05, 0) is 77.6 Å². The van der Waals surface area contributed by atoms with Gasteiger partial charge in [0.15, 0.2) is 5.15 Å². The number of piperidine rings is 1. The third kappa shape index (κ3) is 4.88. The van der Waals surface area contributed by atoms with E-state index < -0.39 is 0 Å². The fourth-order valence-corrected chi connectivity index (χ4v) is 3.43. The molecule has 0 unspecified atom stereocenters. The van der Waals surface area contributed by atoms with Crippen LogP contribution in [-0.4, -0.2) is 34.7 Å². The normalized spacial score (nSPS) is 16.3. The van der Waals surface area contributed by atoms with Gasteiger partial charge in [-0.25, -0.2) is 4.39 Å². The maximum absolute atomic E-state index is 13.3. The first-order chi connectivity index (χ1) is 11.6. The molecule has 2 heterocycles. The van der Waals surface area contributed by atoms with Crippen LogP contribution in [0.3, 0.4) is 0 Å². The Morgan fingerprint density at radius 1 is 1.21 bits per heavy atom. The molecule has 1 N–H and O–H groups in total. The molecule has 1 aliphatic rings. The molecule has 1 aromatic carbocycles. The molecular weight excluding hydrogens is 395 g/mol. The summed E-state index contributed by atoms with van der Waals surface area (Å²) in [5.74, 6) is 1.17. The molecule has 0 aliphatic carbocycles. The summed E-state index contributed by atoms with van der Waals surface area (Å²) in [7, 11) is 0. The van der Waals surface area contributed by atoms with E-state index in [2.05, 4.69) is 36.3 Å². The molecule has 1 saturated heterocycles. The number of anilines is 1. The topological polar surface area (TPSA) is 41.0 Å². The van der Waals surface area contributed by atoms with Crippen LogP contribution in [0.1, 0.15) is 18.4 Å². The van der Waals surface area contributed by atoms with Crippen molar-refractivity contribution in [1.29, 1.82) is 0 Å². The smallest absolute Gasteiger partial charge is 0.151 e. The maximum atomic E-state index is 13.3. The fraction of sp³-hybridized carbons (Fsp3) is 0.412. The zero-order valence-corrected chi connectivity index (χ0v) is 15.5. The average molecular weight is 414 g/mol. The minimum absolute atomic E-state index is 0.214. The van der Waals surface area contributed by atoms with Crippen LogP contribution in [-0.2, 0) is 6.54 Å². The van der Waals surface area contributed by atoms with Gasteiger partial charge in [-0.3, -0.25) is 4.90 Å². The first-order valence-electron chi connectivity index (χ1n) is 7.99. The Kier molecular flexibility index (Phi) is 6.03. The molecular formula is C17H19BrClFN4. The van der Waals surface area contributed by atoms with Gasteiger partial charge in [0, 0.05) is 13.1 Å². The molecule has 2 aromatic rings. The molecule has 0 spiro atoms. The number of hydrogen-bond acceptors (Lipinski definition) is 4. The highest BCUT2D eigenvalue weighted by Crippen LogP contribution is 2.22.